The molecule has 0 saturated heterocycles. The van der Waals surface area contributed by atoms with Gasteiger partial charge in [0.05, 0.1) is 5.69 Å². The predicted octanol–water partition coefficient (Wildman–Crippen LogP) is 1.53. The van der Waals surface area contributed by atoms with Crippen LogP contribution in [0.25, 0.3) is 0 Å². The van der Waals surface area contributed by atoms with E-state index in [1.54, 1.807) is 12.1 Å². The number of aliphatic hydroxyl groups is 1. The minimum absolute atomic E-state index is 0.164. The van der Waals surface area contributed by atoms with Crippen LogP contribution in [0.15, 0.2) is 12.1 Å². The minimum atomic E-state index is 0.164. The number of rotatable bonds is 5. The van der Waals surface area contributed by atoms with E-state index in [0.717, 1.165) is 13.1 Å². The molecular weight excluding hydrogens is 214 g/mol. The van der Waals surface area contributed by atoms with Gasteiger partial charge in [-0.25, -0.2) is 4.98 Å². The van der Waals surface area contributed by atoms with Crippen LogP contribution in [-0.4, -0.2) is 29.8 Å². The molecule has 0 atom stereocenters. The molecule has 5 heteroatoms. The van der Waals surface area contributed by atoms with Crippen molar-refractivity contribution < 1.29 is 5.11 Å². The lowest BCUT2D eigenvalue weighted by molar-refractivity contribution is 0.289. The minimum Gasteiger partial charge on any atom is -0.396 e. The van der Waals surface area contributed by atoms with Crippen molar-refractivity contribution in [3.8, 4) is 0 Å². The van der Waals surface area contributed by atoms with Gasteiger partial charge in [0, 0.05) is 19.7 Å². The second-order valence-electron chi connectivity index (χ2n) is 3.20. The number of halogens is 1. The van der Waals surface area contributed by atoms with Gasteiger partial charge in [0.15, 0.2) is 5.82 Å². The Kier molecular flexibility index (Phi) is 4.65. The van der Waals surface area contributed by atoms with E-state index < -0.39 is 0 Å². The first kappa shape index (κ1) is 12.1. The highest BCUT2D eigenvalue weighted by molar-refractivity contribution is 6.29. The summed E-state index contributed by atoms with van der Waals surface area (Å²) in [7, 11) is 0. The van der Waals surface area contributed by atoms with Crippen LogP contribution in [0.3, 0.4) is 0 Å². The normalized spacial score (nSPS) is 10.3. The molecule has 0 bridgehead atoms. The van der Waals surface area contributed by atoms with Gasteiger partial charge >= 0.3 is 0 Å². The first-order chi connectivity index (χ1) is 7.19. The van der Waals surface area contributed by atoms with Gasteiger partial charge < -0.3 is 15.7 Å². The Morgan fingerprint density at radius 1 is 1.53 bits per heavy atom. The predicted molar refractivity (Wildman–Crippen MR) is 63.2 cm³/mol. The van der Waals surface area contributed by atoms with Gasteiger partial charge in [-0.15, -0.1) is 0 Å². The van der Waals surface area contributed by atoms with Crippen LogP contribution in [0.1, 0.15) is 13.3 Å². The molecule has 84 valence electrons. The van der Waals surface area contributed by atoms with Crippen LogP contribution in [0.5, 0.6) is 0 Å². The third-order valence-corrected chi connectivity index (χ3v) is 2.35. The number of hydrogen-bond donors (Lipinski definition) is 2. The highest BCUT2D eigenvalue weighted by Gasteiger charge is 2.09. The number of nitrogens with two attached hydrogens (primary N) is 1. The van der Waals surface area contributed by atoms with Gasteiger partial charge in [0.1, 0.15) is 5.15 Å². The molecule has 1 rings (SSSR count). The van der Waals surface area contributed by atoms with E-state index in [1.807, 2.05) is 11.8 Å². The molecule has 1 aromatic rings. The summed E-state index contributed by atoms with van der Waals surface area (Å²) in [6.45, 7) is 3.69. The summed E-state index contributed by atoms with van der Waals surface area (Å²) < 4.78 is 0. The van der Waals surface area contributed by atoms with Gasteiger partial charge in [-0.1, -0.05) is 11.6 Å². The molecule has 0 amide bonds. The Morgan fingerprint density at radius 2 is 2.27 bits per heavy atom. The fraction of sp³-hybridized carbons (Fsp3) is 0.500. The Balaban J connectivity index is 2.85. The number of aliphatic hydroxyl groups excluding tert-OH is 1. The molecular formula is C10H16ClN3O. The molecule has 1 aromatic heterocycles. The van der Waals surface area contributed by atoms with Crippen LogP contribution >= 0.6 is 11.6 Å². The quantitative estimate of drug-likeness (QED) is 0.752. The van der Waals surface area contributed by atoms with Crippen molar-refractivity contribution in [1.82, 2.24) is 4.98 Å². The highest BCUT2D eigenvalue weighted by Crippen LogP contribution is 2.22. The largest absolute Gasteiger partial charge is 0.396 e. The Hall–Kier alpha value is -1.00. The molecule has 0 aromatic carbocycles. The van der Waals surface area contributed by atoms with Crippen molar-refractivity contribution in [2.75, 3.05) is 30.3 Å². The van der Waals surface area contributed by atoms with Gasteiger partial charge in [-0.05, 0) is 25.5 Å². The number of aromatic nitrogens is 1. The molecule has 0 radical (unpaired) electrons. The van der Waals surface area contributed by atoms with Crippen molar-refractivity contribution in [2.45, 2.75) is 13.3 Å². The van der Waals surface area contributed by atoms with Crippen molar-refractivity contribution in [1.29, 1.82) is 0 Å². The van der Waals surface area contributed by atoms with E-state index in [-0.39, 0.29) is 6.61 Å². The summed E-state index contributed by atoms with van der Waals surface area (Å²) in [5, 5.41) is 9.21. The van der Waals surface area contributed by atoms with E-state index in [9.17, 15) is 0 Å². The first-order valence-electron chi connectivity index (χ1n) is 4.96. The van der Waals surface area contributed by atoms with E-state index in [1.165, 1.54) is 0 Å². The summed E-state index contributed by atoms with van der Waals surface area (Å²) in [6.07, 6.45) is 0.696. The maximum Gasteiger partial charge on any atom is 0.153 e. The van der Waals surface area contributed by atoms with Crippen molar-refractivity contribution in [2.24, 2.45) is 0 Å². The average molecular weight is 230 g/mol. The van der Waals surface area contributed by atoms with Crippen LogP contribution in [0, 0.1) is 0 Å². The van der Waals surface area contributed by atoms with E-state index in [0.29, 0.717) is 23.1 Å². The summed E-state index contributed by atoms with van der Waals surface area (Å²) in [5.74, 6) is 0.693. The lowest BCUT2D eigenvalue weighted by Crippen LogP contribution is -2.26. The number of anilines is 2. The molecule has 0 aliphatic carbocycles. The fourth-order valence-electron chi connectivity index (χ4n) is 1.36. The van der Waals surface area contributed by atoms with Gasteiger partial charge in [-0.3, -0.25) is 0 Å². The molecule has 0 aliphatic heterocycles. The standard InChI is InChI=1S/C10H16ClN3O/c1-2-14(6-3-7-15)10-8(12)4-5-9(11)13-10/h4-5,15H,2-3,6-7,12H2,1H3. The summed E-state index contributed by atoms with van der Waals surface area (Å²) in [5.41, 5.74) is 6.42. The molecule has 3 N–H and O–H groups in total. The van der Waals surface area contributed by atoms with E-state index >= 15 is 0 Å². The van der Waals surface area contributed by atoms with Crippen LogP contribution in [-0.2, 0) is 0 Å². The maximum absolute atomic E-state index is 8.78. The summed E-state index contributed by atoms with van der Waals surface area (Å²) in [6, 6.07) is 3.41. The fourth-order valence-corrected chi connectivity index (χ4v) is 1.51. The average Bonchev–Trinajstić information content (AvgIpc) is 2.24. The van der Waals surface area contributed by atoms with Crippen molar-refractivity contribution >= 4 is 23.1 Å². The number of hydrogen-bond acceptors (Lipinski definition) is 4. The second-order valence-corrected chi connectivity index (χ2v) is 3.59. The van der Waals surface area contributed by atoms with Crippen LogP contribution in [0.2, 0.25) is 5.15 Å². The highest BCUT2D eigenvalue weighted by atomic mass is 35.5. The third-order valence-electron chi connectivity index (χ3n) is 2.14. The van der Waals surface area contributed by atoms with Crippen LogP contribution in [0.4, 0.5) is 11.5 Å². The molecule has 0 spiro atoms. The van der Waals surface area contributed by atoms with Gasteiger partial charge in [-0.2, -0.15) is 0 Å². The van der Waals surface area contributed by atoms with Gasteiger partial charge in [0.25, 0.3) is 0 Å². The molecule has 15 heavy (non-hydrogen) atoms. The number of nitrogen functional groups attached to an aromatic ring is 1. The topological polar surface area (TPSA) is 62.4 Å². The SMILES string of the molecule is CCN(CCCO)c1nc(Cl)ccc1N. The Bertz CT molecular complexity index is 320. The van der Waals surface area contributed by atoms with E-state index in [4.69, 9.17) is 22.4 Å². The zero-order chi connectivity index (χ0) is 11.3. The van der Waals surface area contributed by atoms with E-state index in [2.05, 4.69) is 4.98 Å². The molecule has 1 heterocycles. The Labute approximate surface area is 94.7 Å². The van der Waals surface area contributed by atoms with Gasteiger partial charge in [0.2, 0.25) is 0 Å². The lowest BCUT2D eigenvalue weighted by Gasteiger charge is -2.22. The summed E-state index contributed by atoms with van der Waals surface area (Å²) in [4.78, 5) is 6.18. The third kappa shape index (κ3) is 3.25. The number of pyridine rings is 1. The van der Waals surface area contributed by atoms with Crippen molar-refractivity contribution in [3.63, 3.8) is 0 Å². The number of nitrogens with zero attached hydrogens (tertiary/aromatic N) is 2. The summed E-state index contributed by atoms with van der Waals surface area (Å²) >= 11 is 5.81. The zero-order valence-electron chi connectivity index (χ0n) is 8.78. The second kappa shape index (κ2) is 5.78. The monoisotopic (exact) mass is 229 g/mol. The molecule has 0 fully saturated rings. The van der Waals surface area contributed by atoms with Crippen molar-refractivity contribution in [3.05, 3.63) is 17.3 Å². The zero-order valence-corrected chi connectivity index (χ0v) is 9.54. The molecule has 0 aliphatic rings. The first-order valence-corrected chi connectivity index (χ1v) is 5.34. The van der Waals surface area contributed by atoms with Crippen LogP contribution < -0.4 is 10.6 Å². The molecule has 0 unspecified atom stereocenters. The molecule has 0 saturated carbocycles. The molecule has 4 nitrogen and oxygen atoms in total. The Morgan fingerprint density at radius 3 is 2.87 bits per heavy atom. The maximum atomic E-state index is 8.78. The lowest BCUT2D eigenvalue weighted by atomic mass is 10.3. The smallest absolute Gasteiger partial charge is 0.153 e.